The van der Waals surface area contributed by atoms with E-state index < -0.39 is 5.97 Å². The SMILES string of the molecule is Cc1nc(-c2cncc(C(=O)NCC3(c4cccc(-c5ccccc5)c4)CCOCC3)c2)no1.Cc1nc(-c2cncc(C(=O)O)c2)no1.NCC1(c2cccc(-c3ccccc3)c2)CCOCC1. The molecular formula is C54H54N8O7. The van der Waals surface area contributed by atoms with Crippen LogP contribution in [0.1, 0.15) is 69.3 Å². The number of pyridine rings is 2. The average Bonchev–Trinajstić information content (AvgIpc) is 4.07. The van der Waals surface area contributed by atoms with Crippen LogP contribution in [0.25, 0.3) is 45.0 Å². The number of benzene rings is 4. The van der Waals surface area contributed by atoms with Crippen molar-refractivity contribution in [3.63, 3.8) is 0 Å². The summed E-state index contributed by atoms with van der Waals surface area (Å²) in [6.07, 6.45) is 9.63. The zero-order valence-electron chi connectivity index (χ0n) is 38.6. The maximum Gasteiger partial charge on any atom is 0.337 e. The first-order valence-corrected chi connectivity index (χ1v) is 22.8. The molecule has 10 rings (SSSR count). The highest BCUT2D eigenvalue weighted by Gasteiger charge is 2.36. The maximum atomic E-state index is 13.1. The lowest BCUT2D eigenvalue weighted by Gasteiger charge is -2.38. The molecule has 2 saturated heterocycles. The number of rotatable bonds is 11. The van der Waals surface area contributed by atoms with Gasteiger partial charge in [-0.2, -0.15) is 9.97 Å². The van der Waals surface area contributed by atoms with Gasteiger partial charge in [-0.05, 0) is 71.2 Å². The predicted molar refractivity (Wildman–Crippen MR) is 260 cm³/mol. The molecule has 0 unspecified atom stereocenters. The molecule has 4 aromatic heterocycles. The number of hydrogen-bond donors (Lipinski definition) is 3. The van der Waals surface area contributed by atoms with Gasteiger partial charge in [0.05, 0.1) is 11.1 Å². The van der Waals surface area contributed by atoms with Crippen molar-refractivity contribution < 1.29 is 33.2 Å². The second-order valence-corrected chi connectivity index (χ2v) is 17.1. The predicted octanol–water partition coefficient (Wildman–Crippen LogP) is 9.08. The smallest absolute Gasteiger partial charge is 0.337 e. The molecule has 0 atom stereocenters. The van der Waals surface area contributed by atoms with Crippen LogP contribution in [0.4, 0.5) is 0 Å². The number of nitrogens with one attached hydrogen (secondary N) is 1. The Bertz CT molecular complexity index is 2950. The van der Waals surface area contributed by atoms with Crippen molar-refractivity contribution in [2.45, 2.75) is 50.4 Å². The lowest BCUT2D eigenvalue weighted by Crippen LogP contribution is -2.44. The highest BCUT2D eigenvalue weighted by Crippen LogP contribution is 2.37. The molecule has 1 amide bonds. The summed E-state index contributed by atoms with van der Waals surface area (Å²) in [5.74, 6) is 0.417. The van der Waals surface area contributed by atoms with Gasteiger partial charge in [-0.1, -0.05) is 120 Å². The second kappa shape index (κ2) is 22.4. The summed E-state index contributed by atoms with van der Waals surface area (Å²) in [5.41, 5.74) is 15.1. The van der Waals surface area contributed by atoms with Crippen molar-refractivity contribution >= 4 is 11.9 Å². The fourth-order valence-electron chi connectivity index (χ4n) is 8.57. The molecule has 8 aromatic rings. The lowest BCUT2D eigenvalue weighted by atomic mass is 9.73. The zero-order valence-corrected chi connectivity index (χ0v) is 38.6. The Morgan fingerprint density at radius 1 is 0.565 bits per heavy atom. The van der Waals surface area contributed by atoms with E-state index in [-0.39, 0.29) is 22.3 Å². The Labute approximate surface area is 400 Å². The molecular weight excluding hydrogens is 873 g/mol. The minimum Gasteiger partial charge on any atom is -0.478 e. The van der Waals surface area contributed by atoms with Gasteiger partial charge in [-0.25, -0.2) is 4.79 Å². The minimum absolute atomic E-state index is 0.0863. The molecule has 15 nitrogen and oxygen atoms in total. The largest absolute Gasteiger partial charge is 0.478 e. The molecule has 0 bridgehead atoms. The van der Waals surface area contributed by atoms with Crippen molar-refractivity contribution in [1.29, 1.82) is 0 Å². The van der Waals surface area contributed by atoms with Crippen molar-refractivity contribution in [1.82, 2.24) is 35.6 Å². The number of nitrogens with zero attached hydrogens (tertiary/aromatic N) is 6. The third-order valence-electron chi connectivity index (χ3n) is 12.6. The van der Waals surface area contributed by atoms with Crippen LogP contribution in [-0.4, -0.2) is 86.7 Å². The summed E-state index contributed by atoms with van der Waals surface area (Å²) >= 11 is 0. The molecule has 2 fully saturated rings. The standard InChI is InChI=1S/C27H26N4O3.C18H21NO.C9H7N3O3/c1-19-30-25(31-34-19)22-14-23(17-28-16-22)26(32)29-18-27(10-12-33-13-11-27)24-9-5-8-21(15-24)20-6-3-2-4-7-20;19-14-18(9-11-20-12-10-18)17-8-4-7-16(13-17)15-5-2-1-3-6-15;1-5-11-8(12-15-5)6-2-7(9(13)14)4-10-3-6/h2-9,14-17H,10-13,18H2,1H3,(H,29,32);1-8,13H,9-12,14,19H2;2-4H,1H3,(H,13,14). The van der Waals surface area contributed by atoms with E-state index in [1.807, 2.05) is 24.3 Å². The summed E-state index contributed by atoms with van der Waals surface area (Å²) in [6.45, 7) is 7.54. The van der Waals surface area contributed by atoms with Gasteiger partial charge in [0, 0.05) is 100 Å². The summed E-state index contributed by atoms with van der Waals surface area (Å²) in [5, 5.41) is 19.5. The molecule has 15 heteroatoms. The van der Waals surface area contributed by atoms with Crippen LogP contribution in [0.3, 0.4) is 0 Å². The van der Waals surface area contributed by atoms with Crippen LogP contribution in [0.2, 0.25) is 0 Å². The maximum absolute atomic E-state index is 13.1. The number of carbonyl (C=O) groups is 2. The van der Waals surface area contributed by atoms with Gasteiger partial charge in [0.1, 0.15) is 0 Å². The number of carbonyl (C=O) groups excluding carboxylic acids is 1. The number of amides is 1. The molecule has 0 spiro atoms. The molecule has 0 radical (unpaired) electrons. The summed E-state index contributed by atoms with van der Waals surface area (Å²) < 4.78 is 21.0. The molecule has 2 aliphatic heterocycles. The van der Waals surface area contributed by atoms with E-state index >= 15 is 0 Å². The summed E-state index contributed by atoms with van der Waals surface area (Å²) in [7, 11) is 0. The number of aryl methyl sites for hydroxylation is 2. The monoisotopic (exact) mass is 926 g/mol. The van der Waals surface area contributed by atoms with E-state index in [9.17, 15) is 9.59 Å². The number of nitrogens with two attached hydrogens (primary N) is 1. The van der Waals surface area contributed by atoms with Gasteiger partial charge >= 0.3 is 5.97 Å². The van der Waals surface area contributed by atoms with Crippen molar-refractivity contribution in [3.05, 3.63) is 180 Å². The third kappa shape index (κ3) is 11.9. The van der Waals surface area contributed by atoms with Gasteiger partial charge in [0.25, 0.3) is 5.91 Å². The highest BCUT2D eigenvalue weighted by atomic mass is 16.5. The molecule has 4 N–H and O–H groups in total. The molecule has 6 heterocycles. The first-order chi connectivity index (χ1) is 33.6. The van der Waals surface area contributed by atoms with E-state index in [0.717, 1.165) is 38.9 Å². The molecule has 352 valence electrons. The van der Waals surface area contributed by atoms with E-state index in [0.29, 0.717) is 66.4 Å². The van der Waals surface area contributed by atoms with Crippen molar-refractivity contribution in [3.8, 4) is 45.0 Å². The lowest BCUT2D eigenvalue weighted by molar-refractivity contribution is 0.0487. The van der Waals surface area contributed by atoms with E-state index in [2.05, 4.69) is 120 Å². The quantitative estimate of drug-likeness (QED) is 0.110. The Kier molecular flexibility index (Phi) is 15.5. The van der Waals surface area contributed by atoms with Crippen molar-refractivity contribution in [2.24, 2.45) is 5.73 Å². The van der Waals surface area contributed by atoms with Gasteiger partial charge in [-0.15, -0.1) is 0 Å². The first-order valence-electron chi connectivity index (χ1n) is 22.8. The zero-order chi connectivity index (χ0) is 48.1. The van der Waals surface area contributed by atoms with E-state index in [1.54, 1.807) is 32.3 Å². The van der Waals surface area contributed by atoms with Crippen LogP contribution in [-0.2, 0) is 20.3 Å². The van der Waals surface area contributed by atoms with Gasteiger partial charge in [0.15, 0.2) is 0 Å². The van der Waals surface area contributed by atoms with Crippen LogP contribution in [0.15, 0.2) is 155 Å². The normalized spacial score (nSPS) is 14.8. The fraction of sp³-hybridized carbons (Fsp3) is 0.259. The van der Waals surface area contributed by atoms with Gasteiger partial charge in [-0.3, -0.25) is 14.8 Å². The van der Waals surface area contributed by atoms with E-state index in [1.165, 1.54) is 51.8 Å². The minimum atomic E-state index is -1.04. The fourth-order valence-corrected chi connectivity index (χ4v) is 8.57. The summed E-state index contributed by atoms with van der Waals surface area (Å²) in [4.78, 5) is 40.0. The number of aromatic carboxylic acids is 1. The van der Waals surface area contributed by atoms with Crippen LogP contribution < -0.4 is 11.1 Å². The van der Waals surface area contributed by atoms with Gasteiger partial charge < -0.3 is 34.7 Å². The van der Waals surface area contributed by atoms with Crippen LogP contribution in [0, 0.1) is 13.8 Å². The Morgan fingerprint density at radius 2 is 1.01 bits per heavy atom. The first kappa shape index (κ1) is 47.8. The third-order valence-corrected chi connectivity index (χ3v) is 12.6. The number of ether oxygens (including phenoxy) is 2. The number of aromatic nitrogens is 6. The van der Waals surface area contributed by atoms with Crippen LogP contribution in [0.5, 0.6) is 0 Å². The second-order valence-electron chi connectivity index (χ2n) is 17.1. The Morgan fingerprint density at radius 3 is 1.48 bits per heavy atom. The molecule has 4 aromatic carbocycles. The molecule has 69 heavy (non-hydrogen) atoms. The Balaban J connectivity index is 0.000000155. The molecule has 0 aliphatic carbocycles. The topological polar surface area (TPSA) is 214 Å². The van der Waals surface area contributed by atoms with Crippen LogP contribution >= 0.6 is 0 Å². The molecule has 0 saturated carbocycles. The number of carboxylic acids is 1. The Hall–Kier alpha value is -7.72. The van der Waals surface area contributed by atoms with Gasteiger partial charge in [0.2, 0.25) is 23.4 Å². The van der Waals surface area contributed by atoms with E-state index in [4.69, 9.17) is 29.4 Å². The molecule has 2 aliphatic rings. The summed E-state index contributed by atoms with van der Waals surface area (Å²) in [6, 6.07) is 41.5. The average molecular weight is 927 g/mol. The highest BCUT2D eigenvalue weighted by molar-refractivity contribution is 5.95. The number of carboxylic acid groups (broad SMARTS) is 1. The number of hydrogen-bond acceptors (Lipinski definition) is 13. The van der Waals surface area contributed by atoms with Crippen molar-refractivity contribution in [2.75, 3.05) is 39.5 Å².